The van der Waals surface area contributed by atoms with Crippen molar-refractivity contribution in [3.63, 3.8) is 0 Å². The highest BCUT2D eigenvalue weighted by atomic mass is 127. The lowest BCUT2D eigenvalue weighted by Gasteiger charge is -2.12. The summed E-state index contributed by atoms with van der Waals surface area (Å²) in [7, 11) is 0. The highest BCUT2D eigenvalue weighted by molar-refractivity contribution is 14.1. The van der Waals surface area contributed by atoms with Crippen LogP contribution >= 0.6 is 22.6 Å². The van der Waals surface area contributed by atoms with E-state index in [4.69, 9.17) is 9.47 Å². The van der Waals surface area contributed by atoms with Gasteiger partial charge in [0.05, 0.1) is 0 Å². The molecule has 0 bridgehead atoms. The SMILES string of the molecule is IC1=CC2OCOC2C=C1. The first-order chi connectivity index (χ1) is 4.86. The molecule has 0 aromatic heterocycles. The van der Waals surface area contributed by atoms with Gasteiger partial charge in [-0.1, -0.05) is 12.2 Å². The standard InChI is InChI=1S/C7H7IO2/c8-5-1-2-6-7(3-5)10-4-9-6/h1-3,6-7H,4H2. The molecular formula is C7H7IO2. The van der Waals surface area contributed by atoms with Crippen LogP contribution in [0.5, 0.6) is 0 Å². The lowest BCUT2D eigenvalue weighted by molar-refractivity contribution is 0.0503. The molecule has 3 heteroatoms. The second kappa shape index (κ2) is 2.64. The van der Waals surface area contributed by atoms with E-state index in [2.05, 4.69) is 34.7 Å². The molecule has 2 unspecified atom stereocenters. The Bertz CT molecular complexity index is 198. The molecule has 0 aromatic carbocycles. The van der Waals surface area contributed by atoms with Gasteiger partial charge in [0.25, 0.3) is 0 Å². The maximum atomic E-state index is 5.27. The van der Waals surface area contributed by atoms with Crippen molar-refractivity contribution in [3.05, 3.63) is 21.8 Å². The second-order valence-electron chi connectivity index (χ2n) is 2.29. The third-order valence-electron chi connectivity index (χ3n) is 1.61. The van der Waals surface area contributed by atoms with E-state index in [-0.39, 0.29) is 12.2 Å². The van der Waals surface area contributed by atoms with Crippen LogP contribution in [0.1, 0.15) is 0 Å². The van der Waals surface area contributed by atoms with Crippen molar-refractivity contribution in [1.29, 1.82) is 0 Å². The van der Waals surface area contributed by atoms with E-state index in [1.807, 2.05) is 6.08 Å². The average molecular weight is 250 g/mol. The minimum atomic E-state index is 0.164. The summed E-state index contributed by atoms with van der Waals surface area (Å²) in [5, 5.41) is 0. The van der Waals surface area contributed by atoms with Crippen molar-refractivity contribution in [2.45, 2.75) is 12.2 Å². The third-order valence-corrected chi connectivity index (χ3v) is 2.33. The Kier molecular flexibility index (Phi) is 1.80. The number of allylic oxidation sites excluding steroid dienone is 2. The van der Waals surface area contributed by atoms with Crippen molar-refractivity contribution >= 4 is 22.6 Å². The van der Waals surface area contributed by atoms with Gasteiger partial charge in [0.1, 0.15) is 19.0 Å². The van der Waals surface area contributed by atoms with E-state index in [0.29, 0.717) is 6.79 Å². The Morgan fingerprint density at radius 2 is 2.20 bits per heavy atom. The molecule has 0 amide bonds. The molecule has 10 heavy (non-hydrogen) atoms. The van der Waals surface area contributed by atoms with Crippen LogP contribution in [0.4, 0.5) is 0 Å². The van der Waals surface area contributed by atoms with Crippen LogP contribution < -0.4 is 0 Å². The molecule has 2 atom stereocenters. The molecule has 1 heterocycles. The van der Waals surface area contributed by atoms with Crippen LogP contribution in [0.3, 0.4) is 0 Å². The first kappa shape index (κ1) is 6.82. The molecule has 1 saturated heterocycles. The highest BCUT2D eigenvalue weighted by Crippen LogP contribution is 2.24. The Balaban J connectivity index is 2.20. The minimum Gasteiger partial charge on any atom is -0.345 e. The van der Waals surface area contributed by atoms with Crippen LogP contribution in [0.15, 0.2) is 21.8 Å². The molecule has 2 nitrogen and oxygen atoms in total. The summed E-state index contributed by atoms with van der Waals surface area (Å²) in [5.74, 6) is 0. The highest BCUT2D eigenvalue weighted by Gasteiger charge is 2.27. The fraction of sp³-hybridized carbons (Fsp3) is 0.429. The second-order valence-corrected chi connectivity index (χ2v) is 3.54. The van der Waals surface area contributed by atoms with Crippen molar-refractivity contribution in [2.75, 3.05) is 6.79 Å². The van der Waals surface area contributed by atoms with Gasteiger partial charge in [0, 0.05) is 3.58 Å². The van der Waals surface area contributed by atoms with Gasteiger partial charge in [0.15, 0.2) is 0 Å². The third kappa shape index (κ3) is 1.13. The largest absolute Gasteiger partial charge is 0.345 e. The van der Waals surface area contributed by atoms with Crippen LogP contribution in [-0.4, -0.2) is 19.0 Å². The summed E-state index contributed by atoms with van der Waals surface area (Å²) >= 11 is 2.27. The summed E-state index contributed by atoms with van der Waals surface area (Å²) in [6, 6.07) is 0. The summed E-state index contributed by atoms with van der Waals surface area (Å²) in [5.41, 5.74) is 0. The first-order valence-corrected chi connectivity index (χ1v) is 4.23. The van der Waals surface area contributed by atoms with Crippen LogP contribution in [0.2, 0.25) is 0 Å². The van der Waals surface area contributed by atoms with Crippen LogP contribution in [0.25, 0.3) is 0 Å². The van der Waals surface area contributed by atoms with E-state index < -0.39 is 0 Å². The number of rotatable bonds is 0. The van der Waals surface area contributed by atoms with Gasteiger partial charge in [-0.05, 0) is 28.7 Å². The molecule has 0 aromatic rings. The molecule has 2 rings (SSSR count). The lowest BCUT2D eigenvalue weighted by Crippen LogP contribution is -2.19. The van der Waals surface area contributed by atoms with E-state index in [0.717, 1.165) is 0 Å². The van der Waals surface area contributed by atoms with Gasteiger partial charge >= 0.3 is 0 Å². The van der Waals surface area contributed by atoms with Gasteiger partial charge in [-0.3, -0.25) is 0 Å². The molecule has 1 fully saturated rings. The zero-order chi connectivity index (χ0) is 6.97. The minimum absolute atomic E-state index is 0.164. The Hall–Kier alpha value is 0.130. The average Bonchev–Trinajstić information content (AvgIpc) is 2.33. The van der Waals surface area contributed by atoms with E-state index in [1.165, 1.54) is 3.58 Å². The zero-order valence-electron chi connectivity index (χ0n) is 5.29. The van der Waals surface area contributed by atoms with Crippen LogP contribution in [0, 0.1) is 0 Å². The van der Waals surface area contributed by atoms with Crippen molar-refractivity contribution in [1.82, 2.24) is 0 Å². The number of fused-ring (bicyclic) bond motifs is 1. The van der Waals surface area contributed by atoms with E-state index in [1.54, 1.807) is 0 Å². The van der Waals surface area contributed by atoms with Gasteiger partial charge < -0.3 is 9.47 Å². The van der Waals surface area contributed by atoms with Gasteiger partial charge in [0.2, 0.25) is 0 Å². The predicted octanol–water partition coefficient (Wildman–Crippen LogP) is 1.62. The summed E-state index contributed by atoms with van der Waals surface area (Å²) in [4.78, 5) is 0. The zero-order valence-corrected chi connectivity index (χ0v) is 7.45. The van der Waals surface area contributed by atoms with Crippen molar-refractivity contribution < 1.29 is 9.47 Å². The van der Waals surface area contributed by atoms with E-state index >= 15 is 0 Å². The fourth-order valence-electron chi connectivity index (χ4n) is 1.09. The van der Waals surface area contributed by atoms with Gasteiger partial charge in [-0.15, -0.1) is 0 Å². The molecule has 0 radical (unpaired) electrons. The molecule has 1 aliphatic carbocycles. The van der Waals surface area contributed by atoms with Crippen molar-refractivity contribution in [3.8, 4) is 0 Å². The van der Waals surface area contributed by atoms with Crippen LogP contribution in [-0.2, 0) is 9.47 Å². The quantitative estimate of drug-likeness (QED) is 0.608. The smallest absolute Gasteiger partial charge is 0.148 e. The summed E-state index contributed by atoms with van der Waals surface area (Å²) in [6.45, 7) is 0.431. The first-order valence-electron chi connectivity index (χ1n) is 3.15. The molecule has 0 saturated carbocycles. The molecule has 54 valence electrons. The number of hydrogen-bond donors (Lipinski definition) is 0. The Labute approximate surface area is 73.0 Å². The molecule has 1 aliphatic heterocycles. The maximum Gasteiger partial charge on any atom is 0.148 e. The Morgan fingerprint density at radius 3 is 3.10 bits per heavy atom. The fourth-order valence-corrected chi connectivity index (χ4v) is 1.66. The molecular weight excluding hydrogens is 243 g/mol. The van der Waals surface area contributed by atoms with Gasteiger partial charge in [-0.2, -0.15) is 0 Å². The van der Waals surface area contributed by atoms with E-state index in [9.17, 15) is 0 Å². The predicted molar refractivity (Wildman–Crippen MR) is 45.9 cm³/mol. The number of halogens is 1. The maximum absolute atomic E-state index is 5.27. The summed E-state index contributed by atoms with van der Waals surface area (Å²) < 4.78 is 11.7. The lowest BCUT2D eigenvalue weighted by atomic mass is 10.1. The molecule has 0 N–H and O–H groups in total. The van der Waals surface area contributed by atoms with Crippen molar-refractivity contribution in [2.24, 2.45) is 0 Å². The molecule has 2 aliphatic rings. The summed E-state index contributed by atoms with van der Waals surface area (Å²) in [6.07, 6.45) is 6.50. The monoisotopic (exact) mass is 250 g/mol. The topological polar surface area (TPSA) is 18.5 Å². The van der Waals surface area contributed by atoms with Gasteiger partial charge in [-0.25, -0.2) is 0 Å². The number of hydrogen-bond acceptors (Lipinski definition) is 2. The number of ether oxygens (including phenoxy) is 2. The molecule has 0 spiro atoms. The Morgan fingerprint density at radius 1 is 1.40 bits per heavy atom. The normalized spacial score (nSPS) is 37.5.